The van der Waals surface area contributed by atoms with Gasteiger partial charge in [-0.25, -0.2) is 24.0 Å². The van der Waals surface area contributed by atoms with Gasteiger partial charge in [0.05, 0.1) is 51.3 Å². The fourth-order valence-corrected chi connectivity index (χ4v) is 5.06. The molecule has 0 radical (unpaired) electrons. The number of carbonyl (C=O) groups excluding carboxylic acids is 5. The number of hydrogen-bond donors (Lipinski definition) is 0. The highest BCUT2D eigenvalue weighted by molar-refractivity contribution is 5.89. The van der Waals surface area contributed by atoms with E-state index < -0.39 is 29.8 Å². The molecule has 0 aliphatic heterocycles. The molecule has 0 unspecified atom stereocenters. The number of unbranched alkanes of at least 4 members (excludes halogenated alkanes) is 3. The molecule has 0 N–H and O–H groups in total. The molecular weight excluding hydrogens is 847 g/mol. The molecule has 14 nitrogen and oxygen atoms in total. The molecule has 344 valence electrons. The molecule has 4 rings (SSSR count). The van der Waals surface area contributed by atoms with E-state index in [1.165, 1.54) is 12.2 Å². The van der Waals surface area contributed by atoms with Gasteiger partial charge in [-0.2, -0.15) is 5.26 Å². The molecule has 0 saturated carbocycles. The molecule has 4 aromatic rings. The molecule has 0 bridgehead atoms. The first-order chi connectivity index (χ1) is 32.1. The number of nitrogens with zero attached hydrogens (tertiary/aromatic N) is 1. The van der Waals surface area contributed by atoms with E-state index in [2.05, 4.69) is 19.7 Å². The van der Waals surface area contributed by atoms with Crippen LogP contribution in [0.5, 0.6) is 28.7 Å². The monoisotopic (exact) mass is 899 g/mol. The van der Waals surface area contributed by atoms with Gasteiger partial charge < -0.3 is 37.9 Å². The van der Waals surface area contributed by atoms with Gasteiger partial charge in [-0.3, -0.25) is 0 Å². The van der Waals surface area contributed by atoms with Gasteiger partial charge >= 0.3 is 29.8 Å². The summed E-state index contributed by atoms with van der Waals surface area (Å²) in [7, 11) is 0. The summed E-state index contributed by atoms with van der Waals surface area (Å²) in [5.74, 6) is 0.536. The summed E-state index contributed by atoms with van der Waals surface area (Å²) in [5.41, 5.74) is 2.18. The van der Waals surface area contributed by atoms with E-state index in [4.69, 9.17) is 43.2 Å². The molecule has 0 fully saturated rings. The van der Waals surface area contributed by atoms with Crippen LogP contribution < -0.4 is 23.7 Å². The summed E-state index contributed by atoms with van der Waals surface area (Å²) in [4.78, 5) is 56.8. The fraction of sp³-hybridized carbons (Fsp3) is 0.231. The van der Waals surface area contributed by atoms with Crippen LogP contribution in [0, 0.1) is 11.3 Å². The second kappa shape index (κ2) is 31.6. The van der Waals surface area contributed by atoms with Crippen molar-refractivity contribution in [2.45, 2.75) is 38.5 Å². The summed E-state index contributed by atoms with van der Waals surface area (Å²) >= 11 is 0. The van der Waals surface area contributed by atoms with Gasteiger partial charge in [0.25, 0.3) is 0 Å². The van der Waals surface area contributed by atoms with E-state index in [9.17, 15) is 24.0 Å². The van der Waals surface area contributed by atoms with E-state index in [0.29, 0.717) is 93.2 Å². The third kappa shape index (κ3) is 23.3. The summed E-state index contributed by atoms with van der Waals surface area (Å²) in [5, 5.41) is 8.77. The summed E-state index contributed by atoms with van der Waals surface area (Å²) < 4.78 is 42.1. The van der Waals surface area contributed by atoms with E-state index in [1.807, 2.05) is 30.3 Å². The Morgan fingerprint density at radius 2 is 0.697 bits per heavy atom. The van der Waals surface area contributed by atoms with Crippen molar-refractivity contribution in [1.29, 1.82) is 5.26 Å². The molecule has 4 aromatic carbocycles. The van der Waals surface area contributed by atoms with E-state index >= 15 is 0 Å². The van der Waals surface area contributed by atoms with Crippen LogP contribution in [0.4, 0.5) is 0 Å². The highest BCUT2D eigenvalue weighted by atomic mass is 16.5. The number of esters is 5. The SMILES string of the molecule is C=CC(=O)OCCCCOc1ccc(C=CC(=O)Oc2ccc(OCCCCOC(=O)C=C)cc2)cc1.C=CC(=O)OCCCCOc1ccc(OC(=O)C=Cc2ccc(C#N)cc2)cc1. The fourth-order valence-electron chi connectivity index (χ4n) is 5.06. The second-order valence-corrected chi connectivity index (χ2v) is 13.5. The Hall–Kier alpha value is -8.18. The van der Waals surface area contributed by atoms with Crippen LogP contribution in [0.3, 0.4) is 0 Å². The lowest BCUT2D eigenvalue weighted by molar-refractivity contribution is -0.138. The molecule has 66 heavy (non-hydrogen) atoms. The summed E-state index contributed by atoms with van der Waals surface area (Å²) in [6.45, 7) is 12.5. The first kappa shape index (κ1) is 52.2. The third-order valence-corrected chi connectivity index (χ3v) is 8.48. The molecule has 0 atom stereocenters. The van der Waals surface area contributed by atoms with Crippen molar-refractivity contribution in [1.82, 2.24) is 0 Å². The minimum atomic E-state index is -0.503. The average Bonchev–Trinajstić information content (AvgIpc) is 3.34. The number of hydrogen-bond acceptors (Lipinski definition) is 14. The predicted octanol–water partition coefficient (Wildman–Crippen LogP) is 9.15. The van der Waals surface area contributed by atoms with Crippen LogP contribution >= 0.6 is 0 Å². The topological polar surface area (TPSA) is 183 Å². The molecule has 0 heterocycles. The molecule has 14 heteroatoms. The maximum Gasteiger partial charge on any atom is 0.336 e. The average molecular weight is 900 g/mol. The zero-order valence-electron chi connectivity index (χ0n) is 36.6. The van der Waals surface area contributed by atoms with Crippen LogP contribution in [0.15, 0.2) is 147 Å². The predicted molar refractivity (Wildman–Crippen MR) is 247 cm³/mol. The Bertz CT molecular complexity index is 2260. The number of nitriles is 1. The highest BCUT2D eigenvalue weighted by Gasteiger charge is 2.05. The standard InChI is InChI=1S/C29H32O8.C23H21NO5/c1-3-27(30)35-21-7-5-19-33-24-12-9-23(10-13-24)11-18-29(32)37-26-16-14-25(15-17-26)34-20-6-8-22-36-28(31)4-2;1-2-22(25)28-16-4-3-15-27-20-10-12-21(13-11-20)29-23(26)14-9-18-5-7-19(17-24)8-6-18/h3-4,9-18H,1-2,5-8,19-22H2;2,5-14H,1,3-4,15-16H2. The van der Waals surface area contributed by atoms with Crippen molar-refractivity contribution in [3.63, 3.8) is 0 Å². The Labute approximate surface area is 384 Å². The van der Waals surface area contributed by atoms with Gasteiger partial charge in [0.15, 0.2) is 0 Å². The van der Waals surface area contributed by atoms with Crippen molar-refractivity contribution in [2.24, 2.45) is 0 Å². The third-order valence-electron chi connectivity index (χ3n) is 8.48. The van der Waals surface area contributed by atoms with Gasteiger partial charge in [0.1, 0.15) is 28.7 Å². The minimum absolute atomic E-state index is 0.326. The first-order valence-electron chi connectivity index (χ1n) is 21.0. The molecule has 0 saturated heterocycles. The van der Waals surface area contributed by atoms with E-state index in [-0.39, 0.29) is 0 Å². The normalized spacial score (nSPS) is 10.3. The van der Waals surface area contributed by atoms with Gasteiger partial charge in [-0.15, -0.1) is 0 Å². The highest BCUT2D eigenvalue weighted by Crippen LogP contribution is 2.20. The molecule has 0 aliphatic carbocycles. The number of rotatable bonds is 27. The van der Waals surface area contributed by atoms with Crippen LogP contribution in [-0.2, 0) is 38.2 Å². The quantitative estimate of drug-likeness (QED) is 0.0181. The molecule has 0 spiro atoms. The molecule has 0 amide bonds. The van der Waals surface area contributed by atoms with Crippen LogP contribution in [0.1, 0.15) is 55.2 Å². The lowest BCUT2D eigenvalue weighted by Crippen LogP contribution is -2.05. The molecule has 0 aromatic heterocycles. The maximum atomic E-state index is 12.1. The van der Waals surface area contributed by atoms with Crippen molar-refractivity contribution < 1.29 is 61.9 Å². The lowest BCUT2D eigenvalue weighted by atomic mass is 10.1. The first-order valence-corrected chi connectivity index (χ1v) is 21.0. The zero-order chi connectivity index (χ0) is 47.6. The Kier molecular flexibility index (Phi) is 25.0. The van der Waals surface area contributed by atoms with Crippen molar-refractivity contribution in [3.05, 3.63) is 164 Å². The number of ether oxygens (including phenoxy) is 8. The van der Waals surface area contributed by atoms with Gasteiger partial charge in [-0.05, 0) is 135 Å². The lowest BCUT2D eigenvalue weighted by Gasteiger charge is -2.07. The molecular formula is C52H53NO13. The van der Waals surface area contributed by atoms with E-state index in [0.717, 1.165) is 48.6 Å². The van der Waals surface area contributed by atoms with Gasteiger partial charge in [0, 0.05) is 30.4 Å². The number of benzene rings is 4. The Balaban J connectivity index is 0.000000361. The Morgan fingerprint density at radius 3 is 1.02 bits per heavy atom. The smallest absolute Gasteiger partial charge is 0.336 e. The van der Waals surface area contributed by atoms with Crippen LogP contribution in [-0.4, -0.2) is 69.5 Å². The molecule has 0 aliphatic rings. The van der Waals surface area contributed by atoms with Crippen LogP contribution in [0.2, 0.25) is 0 Å². The zero-order valence-corrected chi connectivity index (χ0v) is 36.6. The van der Waals surface area contributed by atoms with Crippen LogP contribution in [0.25, 0.3) is 12.2 Å². The second-order valence-electron chi connectivity index (χ2n) is 13.5. The maximum absolute atomic E-state index is 12.1. The van der Waals surface area contributed by atoms with Crippen molar-refractivity contribution in [2.75, 3.05) is 39.6 Å². The summed E-state index contributed by atoms with van der Waals surface area (Å²) in [6, 6.07) is 29.7. The minimum Gasteiger partial charge on any atom is -0.494 e. The largest absolute Gasteiger partial charge is 0.494 e. The van der Waals surface area contributed by atoms with Crippen molar-refractivity contribution >= 4 is 42.0 Å². The Morgan fingerprint density at radius 1 is 0.409 bits per heavy atom. The van der Waals surface area contributed by atoms with Gasteiger partial charge in [-0.1, -0.05) is 44.0 Å². The number of carbonyl (C=O) groups is 5. The van der Waals surface area contributed by atoms with E-state index in [1.54, 1.807) is 84.9 Å². The van der Waals surface area contributed by atoms with Crippen molar-refractivity contribution in [3.8, 4) is 34.8 Å². The van der Waals surface area contributed by atoms with Gasteiger partial charge in [0.2, 0.25) is 0 Å². The summed E-state index contributed by atoms with van der Waals surface area (Å²) in [6.07, 6.45) is 13.7.